The lowest BCUT2D eigenvalue weighted by molar-refractivity contribution is -0.125. The van der Waals surface area contributed by atoms with E-state index in [-0.39, 0.29) is 37.1 Å². The van der Waals surface area contributed by atoms with E-state index in [1.54, 1.807) is 36.4 Å². The molecule has 0 spiro atoms. The SMILES string of the molecule is CCOc1ccc(NC(=O)COc2ccc(Cl)cc2NNC(=O)[C@@H]2CC(=O)N(c3ccc(F)cc3)C2)cc1. The standard InChI is InChI=1S/C27H26ClFN4O5/c1-2-37-22-10-6-20(7-11-22)30-25(34)16-38-24-12-3-18(28)14-23(24)31-32-27(36)17-13-26(35)33(15-17)21-8-4-19(29)5-9-21/h3-12,14,17,31H,2,13,15-16H2,1H3,(H,30,34)(H,32,36)/t17-/m1/s1. The normalized spacial score (nSPS) is 14.7. The second-order valence-electron chi connectivity index (χ2n) is 8.43. The van der Waals surface area contributed by atoms with Gasteiger partial charge < -0.3 is 19.7 Å². The minimum atomic E-state index is -0.622. The Kier molecular flexibility index (Phi) is 8.65. The minimum absolute atomic E-state index is 0.00944. The van der Waals surface area contributed by atoms with Gasteiger partial charge in [-0.25, -0.2) is 4.39 Å². The van der Waals surface area contributed by atoms with Crippen LogP contribution in [0.2, 0.25) is 5.02 Å². The molecule has 1 aliphatic rings. The van der Waals surface area contributed by atoms with Crippen LogP contribution in [-0.2, 0) is 14.4 Å². The summed E-state index contributed by atoms with van der Waals surface area (Å²) in [6.45, 7) is 2.30. The molecule has 1 atom stereocenters. The van der Waals surface area contributed by atoms with E-state index in [1.165, 1.54) is 35.2 Å². The van der Waals surface area contributed by atoms with Gasteiger partial charge >= 0.3 is 0 Å². The predicted octanol–water partition coefficient (Wildman–Crippen LogP) is 4.39. The Labute approximate surface area is 223 Å². The number of rotatable bonds is 10. The third-order valence-corrected chi connectivity index (χ3v) is 5.94. The molecule has 198 valence electrons. The molecule has 1 aliphatic heterocycles. The number of nitrogens with zero attached hydrogens (tertiary/aromatic N) is 1. The van der Waals surface area contributed by atoms with Gasteiger partial charge in [0.05, 0.1) is 18.2 Å². The van der Waals surface area contributed by atoms with E-state index in [1.807, 2.05) is 6.92 Å². The molecule has 11 heteroatoms. The van der Waals surface area contributed by atoms with E-state index in [0.717, 1.165) is 0 Å². The number of benzene rings is 3. The largest absolute Gasteiger partial charge is 0.494 e. The molecule has 4 rings (SSSR count). The van der Waals surface area contributed by atoms with Crippen LogP contribution in [-0.4, -0.2) is 37.5 Å². The van der Waals surface area contributed by atoms with Crippen molar-refractivity contribution in [3.8, 4) is 11.5 Å². The lowest BCUT2D eigenvalue weighted by atomic mass is 10.1. The summed E-state index contributed by atoms with van der Waals surface area (Å²) in [7, 11) is 0. The lowest BCUT2D eigenvalue weighted by Crippen LogP contribution is -2.36. The molecule has 0 saturated carbocycles. The Hall–Kier alpha value is -4.31. The van der Waals surface area contributed by atoms with Crippen molar-refractivity contribution in [3.05, 3.63) is 77.6 Å². The highest BCUT2D eigenvalue weighted by Crippen LogP contribution is 2.29. The highest BCUT2D eigenvalue weighted by molar-refractivity contribution is 6.31. The zero-order valence-corrected chi connectivity index (χ0v) is 21.3. The van der Waals surface area contributed by atoms with Crippen LogP contribution < -0.4 is 30.5 Å². The van der Waals surface area contributed by atoms with Crippen LogP contribution in [0.15, 0.2) is 66.7 Å². The average Bonchev–Trinajstić information content (AvgIpc) is 3.30. The second-order valence-corrected chi connectivity index (χ2v) is 8.87. The zero-order valence-electron chi connectivity index (χ0n) is 20.5. The number of carbonyl (C=O) groups excluding carboxylic acids is 3. The maximum atomic E-state index is 13.2. The quantitative estimate of drug-likeness (QED) is 0.329. The van der Waals surface area contributed by atoms with Crippen LogP contribution in [0.1, 0.15) is 13.3 Å². The number of nitrogens with one attached hydrogen (secondary N) is 3. The fourth-order valence-electron chi connectivity index (χ4n) is 3.85. The van der Waals surface area contributed by atoms with E-state index in [2.05, 4.69) is 16.2 Å². The average molecular weight is 541 g/mol. The molecule has 1 fully saturated rings. The van der Waals surface area contributed by atoms with Crippen molar-refractivity contribution in [1.29, 1.82) is 0 Å². The summed E-state index contributed by atoms with van der Waals surface area (Å²) in [6, 6.07) is 17.1. The first-order valence-electron chi connectivity index (χ1n) is 11.9. The van der Waals surface area contributed by atoms with Gasteiger partial charge in [0.15, 0.2) is 6.61 Å². The van der Waals surface area contributed by atoms with Crippen LogP contribution in [0.4, 0.5) is 21.5 Å². The topological polar surface area (TPSA) is 109 Å². The Balaban J connectivity index is 1.31. The molecule has 3 aromatic rings. The Bertz CT molecular complexity index is 1300. The van der Waals surface area contributed by atoms with E-state index in [9.17, 15) is 18.8 Å². The third-order valence-electron chi connectivity index (χ3n) is 5.70. The molecule has 0 bridgehead atoms. The van der Waals surface area contributed by atoms with E-state index in [4.69, 9.17) is 21.1 Å². The molecule has 0 aliphatic carbocycles. The smallest absolute Gasteiger partial charge is 0.262 e. The summed E-state index contributed by atoms with van der Waals surface area (Å²) in [5, 5.41) is 3.11. The van der Waals surface area contributed by atoms with Crippen molar-refractivity contribution >= 4 is 46.4 Å². The number of hydrogen-bond donors (Lipinski definition) is 3. The van der Waals surface area contributed by atoms with Crippen molar-refractivity contribution in [1.82, 2.24) is 5.43 Å². The van der Waals surface area contributed by atoms with Gasteiger partial charge in [-0.3, -0.25) is 25.2 Å². The van der Waals surface area contributed by atoms with Crippen molar-refractivity contribution in [2.45, 2.75) is 13.3 Å². The zero-order chi connectivity index (χ0) is 27.1. The number of ether oxygens (including phenoxy) is 2. The van der Waals surface area contributed by atoms with Crippen molar-refractivity contribution < 1.29 is 28.2 Å². The molecule has 0 aromatic heterocycles. The number of carbonyl (C=O) groups is 3. The van der Waals surface area contributed by atoms with Gasteiger partial charge in [0.1, 0.15) is 17.3 Å². The summed E-state index contributed by atoms with van der Waals surface area (Å²) in [4.78, 5) is 39.0. The van der Waals surface area contributed by atoms with Crippen LogP contribution in [0.3, 0.4) is 0 Å². The molecule has 9 nitrogen and oxygen atoms in total. The number of hydrazine groups is 1. The summed E-state index contributed by atoms with van der Waals surface area (Å²) < 4.78 is 24.2. The second kappa shape index (κ2) is 12.3. The van der Waals surface area contributed by atoms with Crippen molar-refractivity contribution in [3.63, 3.8) is 0 Å². The summed E-state index contributed by atoms with van der Waals surface area (Å²) >= 11 is 6.11. The summed E-state index contributed by atoms with van der Waals surface area (Å²) in [5.41, 5.74) is 6.78. The molecular weight excluding hydrogens is 515 g/mol. The monoisotopic (exact) mass is 540 g/mol. The number of hydrogen-bond acceptors (Lipinski definition) is 6. The van der Waals surface area contributed by atoms with Crippen molar-refractivity contribution in [2.24, 2.45) is 5.92 Å². The van der Waals surface area contributed by atoms with Gasteiger partial charge in [-0.05, 0) is 73.7 Å². The van der Waals surface area contributed by atoms with Gasteiger partial charge in [-0.15, -0.1) is 0 Å². The Morgan fingerprint density at radius 3 is 2.50 bits per heavy atom. The number of anilines is 3. The van der Waals surface area contributed by atoms with Gasteiger partial charge in [0.25, 0.3) is 5.91 Å². The molecule has 1 saturated heterocycles. The lowest BCUT2D eigenvalue weighted by Gasteiger charge is -2.18. The molecular formula is C27H26ClFN4O5. The molecule has 3 amide bonds. The highest BCUT2D eigenvalue weighted by Gasteiger charge is 2.35. The van der Waals surface area contributed by atoms with Crippen LogP contribution in [0, 0.1) is 11.7 Å². The van der Waals surface area contributed by atoms with E-state index < -0.39 is 17.6 Å². The van der Waals surface area contributed by atoms with Crippen LogP contribution >= 0.6 is 11.6 Å². The highest BCUT2D eigenvalue weighted by atomic mass is 35.5. The number of halogens is 2. The Morgan fingerprint density at radius 2 is 1.79 bits per heavy atom. The van der Waals surface area contributed by atoms with Gasteiger partial charge in [-0.1, -0.05) is 11.6 Å². The molecule has 3 N–H and O–H groups in total. The molecule has 38 heavy (non-hydrogen) atoms. The Morgan fingerprint density at radius 1 is 1.05 bits per heavy atom. The van der Waals surface area contributed by atoms with Gasteiger partial charge in [0, 0.05) is 29.4 Å². The minimum Gasteiger partial charge on any atom is -0.494 e. The predicted molar refractivity (Wildman–Crippen MR) is 142 cm³/mol. The van der Waals surface area contributed by atoms with Crippen LogP contribution in [0.5, 0.6) is 11.5 Å². The maximum Gasteiger partial charge on any atom is 0.262 e. The molecule has 0 radical (unpaired) electrons. The molecule has 3 aromatic carbocycles. The number of amides is 3. The maximum absolute atomic E-state index is 13.2. The first kappa shape index (κ1) is 26.7. The van der Waals surface area contributed by atoms with E-state index >= 15 is 0 Å². The van der Waals surface area contributed by atoms with Crippen molar-refractivity contribution in [2.75, 3.05) is 35.4 Å². The molecule has 0 unspecified atom stereocenters. The first-order chi connectivity index (χ1) is 18.3. The summed E-state index contributed by atoms with van der Waals surface area (Å²) in [6.07, 6.45) is 0.00944. The molecule has 1 heterocycles. The third kappa shape index (κ3) is 6.92. The van der Waals surface area contributed by atoms with Gasteiger partial charge in [-0.2, -0.15) is 0 Å². The van der Waals surface area contributed by atoms with E-state index in [0.29, 0.717) is 34.4 Å². The fraction of sp³-hybridized carbons (Fsp3) is 0.222. The summed E-state index contributed by atoms with van der Waals surface area (Å²) in [5.74, 6) is -1.08. The fourth-order valence-corrected chi connectivity index (χ4v) is 4.02. The van der Waals surface area contributed by atoms with Gasteiger partial charge in [0.2, 0.25) is 11.8 Å². The van der Waals surface area contributed by atoms with Crippen LogP contribution in [0.25, 0.3) is 0 Å². The first-order valence-corrected chi connectivity index (χ1v) is 12.3.